The molecule has 1 fully saturated rings. The van der Waals surface area contributed by atoms with Crippen molar-refractivity contribution in [1.82, 2.24) is 10.2 Å². The van der Waals surface area contributed by atoms with Crippen LogP contribution in [0.15, 0.2) is 24.3 Å². The molecule has 1 aromatic carbocycles. The van der Waals surface area contributed by atoms with Gasteiger partial charge in [-0.1, -0.05) is 0 Å². The van der Waals surface area contributed by atoms with E-state index in [0.29, 0.717) is 24.2 Å². The molecule has 0 unspecified atom stereocenters. The number of benzene rings is 1. The Hall–Kier alpha value is -2.37. The number of hydrogen-bond donors (Lipinski definition) is 2. The molecule has 1 aliphatic rings. The van der Waals surface area contributed by atoms with Crippen LogP contribution < -0.4 is 10.6 Å². The van der Waals surface area contributed by atoms with Gasteiger partial charge in [0.2, 0.25) is 11.8 Å². The van der Waals surface area contributed by atoms with E-state index in [-0.39, 0.29) is 30.2 Å². The lowest BCUT2D eigenvalue weighted by Crippen LogP contribution is -2.30. The fourth-order valence-electron chi connectivity index (χ4n) is 2.45. The number of likely N-dealkylation sites (tertiary alicyclic amines) is 1. The van der Waals surface area contributed by atoms with Gasteiger partial charge in [-0.05, 0) is 44.5 Å². The second kappa shape index (κ2) is 7.76. The summed E-state index contributed by atoms with van der Waals surface area (Å²) >= 11 is 0. The average Bonchev–Trinajstić information content (AvgIpc) is 2.90. The molecule has 124 valence electrons. The van der Waals surface area contributed by atoms with E-state index in [0.717, 1.165) is 13.0 Å². The van der Waals surface area contributed by atoms with E-state index in [2.05, 4.69) is 10.6 Å². The first-order valence-electron chi connectivity index (χ1n) is 7.94. The zero-order chi connectivity index (χ0) is 16.8. The fraction of sp³-hybridized carbons (Fsp3) is 0.471. The van der Waals surface area contributed by atoms with Crippen LogP contribution in [0.1, 0.15) is 43.5 Å². The van der Waals surface area contributed by atoms with Crippen molar-refractivity contribution in [2.45, 2.75) is 39.2 Å². The number of carbonyl (C=O) groups is 3. The lowest BCUT2D eigenvalue weighted by molar-refractivity contribution is -0.128. The van der Waals surface area contributed by atoms with Crippen LogP contribution in [0.3, 0.4) is 0 Å². The van der Waals surface area contributed by atoms with Gasteiger partial charge in [-0.25, -0.2) is 0 Å². The van der Waals surface area contributed by atoms with Gasteiger partial charge in [0.25, 0.3) is 5.91 Å². The first-order chi connectivity index (χ1) is 11.0. The highest BCUT2D eigenvalue weighted by Crippen LogP contribution is 2.12. The summed E-state index contributed by atoms with van der Waals surface area (Å²) in [5.74, 6) is -0.146. The van der Waals surface area contributed by atoms with Gasteiger partial charge in [-0.15, -0.1) is 0 Å². The molecule has 3 amide bonds. The van der Waals surface area contributed by atoms with Crippen LogP contribution in [0, 0.1) is 0 Å². The van der Waals surface area contributed by atoms with Crippen molar-refractivity contribution >= 4 is 23.4 Å². The van der Waals surface area contributed by atoms with Crippen molar-refractivity contribution < 1.29 is 14.4 Å². The summed E-state index contributed by atoms with van der Waals surface area (Å²) in [7, 11) is 0. The predicted octanol–water partition coefficient (Wildman–Crippen LogP) is 1.78. The number of nitrogens with zero attached hydrogens (tertiary/aromatic N) is 1. The molecule has 0 aromatic heterocycles. The van der Waals surface area contributed by atoms with Gasteiger partial charge < -0.3 is 15.5 Å². The lowest BCUT2D eigenvalue weighted by atomic mass is 10.2. The summed E-state index contributed by atoms with van der Waals surface area (Å²) in [5.41, 5.74) is 1.20. The molecule has 2 rings (SSSR count). The lowest BCUT2D eigenvalue weighted by Gasteiger charge is -2.15. The van der Waals surface area contributed by atoms with Crippen LogP contribution in [0.4, 0.5) is 5.69 Å². The van der Waals surface area contributed by atoms with Crippen LogP contribution in [0.2, 0.25) is 0 Å². The minimum atomic E-state index is -0.135. The largest absolute Gasteiger partial charge is 0.350 e. The maximum absolute atomic E-state index is 11.9. The molecule has 1 aromatic rings. The van der Waals surface area contributed by atoms with Crippen LogP contribution in [0.5, 0.6) is 0 Å². The molecule has 0 bridgehead atoms. The third kappa shape index (κ3) is 5.09. The Morgan fingerprint density at radius 1 is 1.22 bits per heavy atom. The zero-order valence-corrected chi connectivity index (χ0v) is 13.6. The molecule has 1 heterocycles. The summed E-state index contributed by atoms with van der Waals surface area (Å²) in [6.07, 6.45) is 1.74. The molecule has 6 nitrogen and oxygen atoms in total. The Labute approximate surface area is 136 Å². The zero-order valence-electron chi connectivity index (χ0n) is 13.6. The minimum absolute atomic E-state index is 0.0789. The number of carbonyl (C=O) groups excluding carboxylic acids is 3. The second-order valence-corrected chi connectivity index (χ2v) is 5.99. The van der Waals surface area contributed by atoms with Crippen LogP contribution in [-0.2, 0) is 9.59 Å². The Morgan fingerprint density at radius 2 is 1.91 bits per heavy atom. The summed E-state index contributed by atoms with van der Waals surface area (Å²) in [4.78, 5) is 36.9. The van der Waals surface area contributed by atoms with Gasteiger partial charge in [0.1, 0.15) is 0 Å². The van der Waals surface area contributed by atoms with Crippen molar-refractivity contribution in [3.05, 3.63) is 29.8 Å². The first kappa shape index (κ1) is 17.0. The van der Waals surface area contributed by atoms with Gasteiger partial charge in [0, 0.05) is 43.2 Å². The van der Waals surface area contributed by atoms with Crippen LogP contribution in [-0.4, -0.2) is 41.8 Å². The van der Waals surface area contributed by atoms with E-state index in [1.54, 1.807) is 29.2 Å². The average molecular weight is 317 g/mol. The maximum atomic E-state index is 11.9. The third-order valence-corrected chi connectivity index (χ3v) is 3.63. The van der Waals surface area contributed by atoms with Crippen molar-refractivity contribution in [3.8, 4) is 0 Å². The summed E-state index contributed by atoms with van der Waals surface area (Å²) in [6.45, 7) is 5.00. The number of nitrogens with one attached hydrogen (secondary N) is 2. The summed E-state index contributed by atoms with van der Waals surface area (Å²) in [6, 6.07) is 6.84. The number of hydrogen-bond acceptors (Lipinski definition) is 3. The molecule has 2 N–H and O–H groups in total. The minimum Gasteiger partial charge on any atom is -0.350 e. The van der Waals surface area contributed by atoms with E-state index in [1.807, 2.05) is 13.8 Å². The smallest absolute Gasteiger partial charge is 0.251 e. The standard InChI is InChI=1S/C17H23N3O3/c1-12(2)18-17(23)13-5-7-14(8-6-13)19-15(21)9-11-20-10-3-4-16(20)22/h5-8,12H,3-4,9-11H2,1-2H3,(H,18,23)(H,19,21). The molecular weight excluding hydrogens is 294 g/mol. The van der Waals surface area contributed by atoms with Crippen LogP contribution >= 0.6 is 0 Å². The molecule has 0 saturated carbocycles. The molecule has 0 atom stereocenters. The van der Waals surface area contributed by atoms with E-state index >= 15 is 0 Å². The van der Waals surface area contributed by atoms with E-state index in [9.17, 15) is 14.4 Å². The molecule has 0 aliphatic carbocycles. The SMILES string of the molecule is CC(C)NC(=O)c1ccc(NC(=O)CCN2CCCC2=O)cc1. The molecule has 23 heavy (non-hydrogen) atoms. The fourth-order valence-corrected chi connectivity index (χ4v) is 2.45. The predicted molar refractivity (Wildman–Crippen MR) is 88.1 cm³/mol. The maximum Gasteiger partial charge on any atom is 0.251 e. The Kier molecular flexibility index (Phi) is 5.73. The monoisotopic (exact) mass is 317 g/mol. The van der Waals surface area contributed by atoms with Crippen molar-refractivity contribution in [3.63, 3.8) is 0 Å². The second-order valence-electron chi connectivity index (χ2n) is 5.99. The van der Waals surface area contributed by atoms with Gasteiger partial charge in [-0.3, -0.25) is 14.4 Å². The molecule has 1 aliphatic heterocycles. The number of anilines is 1. The topological polar surface area (TPSA) is 78.5 Å². The quantitative estimate of drug-likeness (QED) is 0.839. The first-order valence-corrected chi connectivity index (χ1v) is 7.94. The number of rotatable bonds is 6. The highest BCUT2D eigenvalue weighted by Gasteiger charge is 2.20. The van der Waals surface area contributed by atoms with E-state index < -0.39 is 0 Å². The Morgan fingerprint density at radius 3 is 2.48 bits per heavy atom. The summed E-state index contributed by atoms with van der Waals surface area (Å²) < 4.78 is 0. The van der Waals surface area contributed by atoms with Gasteiger partial charge >= 0.3 is 0 Å². The molecule has 1 saturated heterocycles. The molecule has 0 radical (unpaired) electrons. The van der Waals surface area contributed by atoms with E-state index in [1.165, 1.54) is 0 Å². The van der Waals surface area contributed by atoms with Crippen molar-refractivity contribution in [2.75, 3.05) is 18.4 Å². The highest BCUT2D eigenvalue weighted by molar-refractivity contribution is 5.96. The summed E-state index contributed by atoms with van der Waals surface area (Å²) in [5, 5.41) is 5.59. The van der Waals surface area contributed by atoms with Crippen LogP contribution in [0.25, 0.3) is 0 Å². The van der Waals surface area contributed by atoms with Crippen molar-refractivity contribution in [1.29, 1.82) is 0 Å². The molecule has 6 heteroatoms. The molecule has 0 spiro atoms. The highest BCUT2D eigenvalue weighted by atomic mass is 16.2. The van der Waals surface area contributed by atoms with Gasteiger partial charge in [-0.2, -0.15) is 0 Å². The third-order valence-electron chi connectivity index (χ3n) is 3.63. The Bertz CT molecular complexity index is 581. The normalized spacial score (nSPS) is 14.2. The molecular formula is C17H23N3O3. The van der Waals surface area contributed by atoms with E-state index in [4.69, 9.17) is 0 Å². The van der Waals surface area contributed by atoms with Gasteiger partial charge in [0.05, 0.1) is 0 Å². The van der Waals surface area contributed by atoms with Gasteiger partial charge in [0.15, 0.2) is 0 Å². The number of amides is 3. The Balaban J connectivity index is 1.81. The van der Waals surface area contributed by atoms with Crippen molar-refractivity contribution in [2.24, 2.45) is 0 Å².